The molecule has 1 atom stereocenters. The number of amides is 2. The molecular formula is C19H24ClN3O3. The molecule has 1 aromatic carbocycles. The Balaban J connectivity index is 0.00000243. The molecule has 7 heteroatoms. The fourth-order valence-corrected chi connectivity index (χ4v) is 2.89. The van der Waals surface area contributed by atoms with Crippen molar-refractivity contribution in [3.63, 3.8) is 0 Å². The molecule has 3 rings (SSSR count). The molecule has 0 saturated carbocycles. The van der Waals surface area contributed by atoms with Gasteiger partial charge in [0.1, 0.15) is 0 Å². The first-order valence-corrected chi connectivity index (χ1v) is 8.62. The van der Waals surface area contributed by atoms with Crippen LogP contribution in [-0.2, 0) is 11.3 Å². The monoisotopic (exact) mass is 377 g/mol. The van der Waals surface area contributed by atoms with Gasteiger partial charge in [0.15, 0.2) is 5.76 Å². The molecule has 0 aliphatic carbocycles. The van der Waals surface area contributed by atoms with Crippen molar-refractivity contribution in [3.05, 3.63) is 54.0 Å². The molecule has 2 aromatic rings. The summed E-state index contributed by atoms with van der Waals surface area (Å²) >= 11 is 0. The van der Waals surface area contributed by atoms with Crippen molar-refractivity contribution in [2.75, 3.05) is 18.4 Å². The second-order valence-corrected chi connectivity index (χ2v) is 6.30. The summed E-state index contributed by atoms with van der Waals surface area (Å²) in [5.74, 6) is 0.700. The maximum atomic E-state index is 11.9. The maximum Gasteiger partial charge on any atom is 0.291 e. The van der Waals surface area contributed by atoms with Crippen molar-refractivity contribution >= 4 is 29.9 Å². The van der Waals surface area contributed by atoms with E-state index in [9.17, 15) is 9.59 Å². The molecule has 2 amide bonds. The fourth-order valence-electron chi connectivity index (χ4n) is 2.89. The van der Waals surface area contributed by atoms with Crippen molar-refractivity contribution in [2.45, 2.75) is 25.8 Å². The van der Waals surface area contributed by atoms with Crippen LogP contribution in [0.25, 0.3) is 0 Å². The van der Waals surface area contributed by atoms with E-state index in [-0.39, 0.29) is 30.0 Å². The summed E-state index contributed by atoms with van der Waals surface area (Å²) in [5, 5.41) is 9.02. The molecule has 1 aromatic heterocycles. The van der Waals surface area contributed by atoms with Crippen LogP contribution >= 0.6 is 12.4 Å². The number of nitrogens with one attached hydrogen (secondary N) is 3. The lowest BCUT2D eigenvalue weighted by molar-refractivity contribution is -0.121. The molecule has 1 unspecified atom stereocenters. The number of halogens is 1. The third-order valence-corrected chi connectivity index (χ3v) is 4.39. The molecule has 0 bridgehead atoms. The summed E-state index contributed by atoms with van der Waals surface area (Å²) in [7, 11) is 0. The Bertz CT molecular complexity index is 695. The molecule has 1 fully saturated rings. The largest absolute Gasteiger partial charge is 0.459 e. The highest BCUT2D eigenvalue weighted by molar-refractivity contribution is 6.02. The molecule has 140 valence electrons. The topological polar surface area (TPSA) is 83.4 Å². The van der Waals surface area contributed by atoms with Crippen molar-refractivity contribution in [1.82, 2.24) is 10.6 Å². The Morgan fingerprint density at radius 1 is 1.19 bits per heavy atom. The van der Waals surface area contributed by atoms with E-state index in [0.29, 0.717) is 24.6 Å². The fraction of sp³-hybridized carbons (Fsp3) is 0.368. The molecule has 6 nitrogen and oxygen atoms in total. The number of furan rings is 1. The quantitative estimate of drug-likeness (QED) is 0.692. The first-order valence-electron chi connectivity index (χ1n) is 8.62. The third kappa shape index (κ3) is 5.89. The predicted octanol–water partition coefficient (Wildman–Crippen LogP) is 2.96. The first-order chi connectivity index (χ1) is 12.2. The van der Waals surface area contributed by atoms with Crippen molar-refractivity contribution in [2.24, 2.45) is 5.92 Å². The minimum Gasteiger partial charge on any atom is -0.459 e. The Morgan fingerprint density at radius 2 is 2.00 bits per heavy atom. The zero-order valence-corrected chi connectivity index (χ0v) is 15.3. The van der Waals surface area contributed by atoms with E-state index in [1.54, 1.807) is 12.1 Å². The van der Waals surface area contributed by atoms with Gasteiger partial charge >= 0.3 is 0 Å². The van der Waals surface area contributed by atoms with E-state index < -0.39 is 0 Å². The number of rotatable bonds is 7. The van der Waals surface area contributed by atoms with Gasteiger partial charge in [-0.2, -0.15) is 0 Å². The molecule has 2 heterocycles. The summed E-state index contributed by atoms with van der Waals surface area (Å²) in [4.78, 5) is 23.8. The van der Waals surface area contributed by atoms with Gasteiger partial charge in [0, 0.05) is 18.7 Å². The first kappa shape index (κ1) is 20.0. The molecule has 0 spiro atoms. The maximum absolute atomic E-state index is 11.9. The Hall–Kier alpha value is -2.31. The van der Waals surface area contributed by atoms with Crippen LogP contribution in [-0.4, -0.2) is 24.9 Å². The highest BCUT2D eigenvalue weighted by Gasteiger charge is 2.15. The molecular weight excluding hydrogens is 354 g/mol. The van der Waals surface area contributed by atoms with Crippen LogP contribution in [0.5, 0.6) is 0 Å². The van der Waals surface area contributed by atoms with Gasteiger partial charge in [0.2, 0.25) is 5.91 Å². The number of benzene rings is 1. The van der Waals surface area contributed by atoms with Crippen LogP contribution in [0.3, 0.4) is 0 Å². The molecule has 1 aliphatic rings. The van der Waals surface area contributed by atoms with Gasteiger partial charge in [-0.05, 0) is 61.7 Å². The third-order valence-electron chi connectivity index (χ3n) is 4.39. The molecule has 0 radical (unpaired) electrons. The second kappa shape index (κ2) is 9.99. The number of carbonyl (C=O) groups excluding carboxylic acids is 2. The van der Waals surface area contributed by atoms with E-state index in [2.05, 4.69) is 16.0 Å². The summed E-state index contributed by atoms with van der Waals surface area (Å²) < 4.78 is 5.05. The number of anilines is 1. The standard InChI is InChI=1S/C19H23N3O3.ClH/c23-18(8-5-15-9-10-20-12-15)21-13-14-3-6-16(7-4-14)22-19(24)17-2-1-11-25-17;/h1-4,6-7,11,15,20H,5,8-10,12-13H2,(H,21,23)(H,22,24);1H. The second-order valence-electron chi connectivity index (χ2n) is 6.30. The highest BCUT2D eigenvalue weighted by atomic mass is 35.5. The molecule has 26 heavy (non-hydrogen) atoms. The predicted molar refractivity (Wildman–Crippen MR) is 102 cm³/mol. The van der Waals surface area contributed by atoms with Crippen molar-refractivity contribution in [1.29, 1.82) is 0 Å². The van der Waals surface area contributed by atoms with Crippen molar-refractivity contribution in [3.8, 4) is 0 Å². The van der Waals surface area contributed by atoms with Crippen LogP contribution in [0.4, 0.5) is 5.69 Å². The summed E-state index contributed by atoms with van der Waals surface area (Å²) in [6.45, 7) is 2.59. The van der Waals surface area contributed by atoms with E-state index in [4.69, 9.17) is 4.42 Å². The normalized spacial score (nSPS) is 15.9. The Kier molecular flexibility index (Phi) is 7.69. The van der Waals surface area contributed by atoms with Gasteiger partial charge in [-0.3, -0.25) is 9.59 Å². The zero-order chi connectivity index (χ0) is 17.5. The lowest BCUT2D eigenvalue weighted by Gasteiger charge is -2.09. The van der Waals surface area contributed by atoms with Gasteiger partial charge in [-0.15, -0.1) is 12.4 Å². The minimum absolute atomic E-state index is 0. The Morgan fingerprint density at radius 3 is 2.65 bits per heavy atom. The van der Waals surface area contributed by atoms with Gasteiger partial charge in [-0.1, -0.05) is 12.1 Å². The number of hydrogen-bond acceptors (Lipinski definition) is 4. The Labute approximate surface area is 159 Å². The average Bonchev–Trinajstić information content (AvgIpc) is 3.33. The summed E-state index contributed by atoms with van der Waals surface area (Å²) in [6, 6.07) is 10.7. The summed E-state index contributed by atoms with van der Waals surface area (Å²) in [6.07, 6.45) is 4.14. The van der Waals surface area contributed by atoms with E-state index in [0.717, 1.165) is 25.1 Å². The molecule has 3 N–H and O–H groups in total. The van der Waals surface area contributed by atoms with Crippen LogP contribution in [0.15, 0.2) is 47.1 Å². The van der Waals surface area contributed by atoms with Crippen LogP contribution < -0.4 is 16.0 Å². The van der Waals surface area contributed by atoms with Crippen LogP contribution in [0.2, 0.25) is 0 Å². The van der Waals surface area contributed by atoms with E-state index in [1.807, 2.05) is 24.3 Å². The highest BCUT2D eigenvalue weighted by Crippen LogP contribution is 2.14. The van der Waals surface area contributed by atoms with Gasteiger partial charge in [0.05, 0.1) is 6.26 Å². The van der Waals surface area contributed by atoms with E-state index >= 15 is 0 Å². The zero-order valence-electron chi connectivity index (χ0n) is 14.5. The number of carbonyl (C=O) groups is 2. The smallest absolute Gasteiger partial charge is 0.291 e. The summed E-state index contributed by atoms with van der Waals surface area (Å²) in [5.41, 5.74) is 1.68. The minimum atomic E-state index is -0.285. The lowest BCUT2D eigenvalue weighted by Crippen LogP contribution is -2.23. The van der Waals surface area contributed by atoms with Gasteiger partial charge in [-0.25, -0.2) is 0 Å². The van der Waals surface area contributed by atoms with Crippen LogP contribution in [0.1, 0.15) is 35.4 Å². The SMILES string of the molecule is Cl.O=C(CCC1CCNC1)NCc1ccc(NC(=O)c2ccco2)cc1. The lowest BCUT2D eigenvalue weighted by atomic mass is 10.0. The van der Waals surface area contributed by atoms with Crippen molar-refractivity contribution < 1.29 is 14.0 Å². The average molecular weight is 378 g/mol. The van der Waals surface area contributed by atoms with E-state index in [1.165, 1.54) is 12.7 Å². The number of hydrogen-bond donors (Lipinski definition) is 3. The van der Waals surface area contributed by atoms with Crippen LogP contribution in [0, 0.1) is 5.92 Å². The molecule has 1 saturated heterocycles. The van der Waals surface area contributed by atoms with Gasteiger partial charge < -0.3 is 20.4 Å². The van der Waals surface area contributed by atoms with Gasteiger partial charge in [0.25, 0.3) is 5.91 Å². The molecule has 1 aliphatic heterocycles.